The van der Waals surface area contributed by atoms with Gasteiger partial charge in [-0.1, -0.05) is 16.8 Å². The van der Waals surface area contributed by atoms with E-state index in [2.05, 4.69) is 26.2 Å². The second kappa shape index (κ2) is 4.35. The summed E-state index contributed by atoms with van der Waals surface area (Å²) in [4.78, 5) is 12.0. The molecule has 0 fully saturated rings. The highest BCUT2D eigenvalue weighted by molar-refractivity contribution is 9.10. The Balaban J connectivity index is 2.42. The Bertz CT molecular complexity index is 553. The van der Waals surface area contributed by atoms with Gasteiger partial charge in [0, 0.05) is 17.1 Å². The zero-order valence-electron chi connectivity index (χ0n) is 8.32. The molecule has 0 spiro atoms. The minimum absolute atomic E-state index is 0.134. The average molecular weight is 301 g/mol. The lowest BCUT2D eigenvalue weighted by molar-refractivity contribution is 0.103. The van der Waals surface area contributed by atoms with Crippen LogP contribution in [0.4, 0.5) is 0 Å². The number of carbonyl (C=O) groups is 1. The molecule has 0 bridgehead atoms. The van der Waals surface area contributed by atoms with E-state index in [-0.39, 0.29) is 5.78 Å². The fraction of sp³-hybridized carbons (Fsp3) is 0.100. The standard InChI is InChI=1S/C10H7BrClN3O/c1-15-9(5-13-14-15)10(16)6-2-3-8(12)7(11)4-6/h2-5H,1H3. The smallest absolute Gasteiger partial charge is 0.212 e. The van der Waals surface area contributed by atoms with Gasteiger partial charge >= 0.3 is 0 Å². The largest absolute Gasteiger partial charge is 0.287 e. The molecule has 0 N–H and O–H groups in total. The molecular formula is C10H7BrClN3O. The number of hydrogen-bond acceptors (Lipinski definition) is 3. The van der Waals surface area contributed by atoms with Gasteiger partial charge in [-0.3, -0.25) is 4.79 Å². The van der Waals surface area contributed by atoms with E-state index in [4.69, 9.17) is 11.6 Å². The average Bonchev–Trinajstić information content (AvgIpc) is 2.67. The molecule has 0 saturated carbocycles. The Kier molecular flexibility index (Phi) is 3.07. The first-order valence-corrected chi connectivity index (χ1v) is 5.61. The van der Waals surface area contributed by atoms with Crippen LogP contribution in [0.1, 0.15) is 16.1 Å². The number of aromatic nitrogens is 3. The number of rotatable bonds is 2. The Hall–Kier alpha value is -1.20. The third kappa shape index (κ3) is 2.01. The van der Waals surface area contributed by atoms with Crippen molar-refractivity contribution in [3.8, 4) is 0 Å². The van der Waals surface area contributed by atoms with Crippen LogP contribution < -0.4 is 0 Å². The van der Waals surface area contributed by atoms with Crippen molar-refractivity contribution < 1.29 is 4.79 Å². The molecule has 2 aromatic rings. The van der Waals surface area contributed by atoms with E-state index in [0.717, 1.165) is 0 Å². The van der Waals surface area contributed by atoms with Crippen LogP contribution in [0.25, 0.3) is 0 Å². The number of halogens is 2. The molecule has 0 saturated heterocycles. The first-order valence-electron chi connectivity index (χ1n) is 4.44. The third-order valence-corrected chi connectivity index (χ3v) is 3.34. The van der Waals surface area contributed by atoms with Crippen molar-refractivity contribution in [2.45, 2.75) is 0 Å². The number of hydrogen-bond donors (Lipinski definition) is 0. The molecule has 0 aliphatic rings. The van der Waals surface area contributed by atoms with Crippen molar-refractivity contribution >= 4 is 33.3 Å². The van der Waals surface area contributed by atoms with Gasteiger partial charge in [0.2, 0.25) is 5.78 Å². The highest BCUT2D eigenvalue weighted by Gasteiger charge is 2.14. The van der Waals surface area contributed by atoms with Crippen molar-refractivity contribution in [3.05, 3.63) is 45.1 Å². The maximum Gasteiger partial charge on any atom is 0.212 e. The summed E-state index contributed by atoms with van der Waals surface area (Å²) < 4.78 is 2.13. The number of carbonyl (C=O) groups excluding carboxylic acids is 1. The Morgan fingerprint density at radius 2 is 2.25 bits per heavy atom. The van der Waals surface area contributed by atoms with Gasteiger partial charge in [0.25, 0.3) is 0 Å². The number of nitrogens with zero attached hydrogens (tertiary/aromatic N) is 3. The van der Waals surface area contributed by atoms with Crippen molar-refractivity contribution in [3.63, 3.8) is 0 Å². The van der Waals surface area contributed by atoms with Crippen molar-refractivity contribution in [2.75, 3.05) is 0 Å². The van der Waals surface area contributed by atoms with E-state index in [0.29, 0.717) is 20.8 Å². The summed E-state index contributed by atoms with van der Waals surface area (Å²) >= 11 is 9.13. The van der Waals surface area contributed by atoms with Gasteiger partial charge < -0.3 is 0 Å². The van der Waals surface area contributed by atoms with Gasteiger partial charge in [0.15, 0.2) is 0 Å². The summed E-state index contributed by atoms with van der Waals surface area (Å²) in [5.41, 5.74) is 0.982. The predicted octanol–water partition coefficient (Wildman–Crippen LogP) is 2.46. The zero-order chi connectivity index (χ0) is 11.7. The van der Waals surface area contributed by atoms with Crippen molar-refractivity contribution in [2.24, 2.45) is 7.05 Å². The number of aryl methyl sites for hydroxylation is 1. The van der Waals surface area contributed by atoms with E-state index in [1.54, 1.807) is 25.2 Å². The Morgan fingerprint density at radius 3 is 2.81 bits per heavy atom. The van der Waals surface area contributed by atoms with Crippen LogP contribution in [0, 0.1) is 0 Å². The number of benzene rings is 1. The molecule has 0 radical (unpaired) electrons. The molecular weight excluding hydrogens is 293 g/mol. The van der Waals surface area contributed by atoms with Gasteiger partial charge in [0.1, 0.15) is 5.69 Å². The molecule has 16 heavy (non-hydrogen) atoms. The topological polar surface area (TPSA) is 47.8 Å². The second-order valence-electron chi connectivity index (χ2n) is 3.20. The zero-order valence-corrected chi connectivity index (χ0v) is 10.7. The highest BCUT2D eigenvalue weighted by Crippen LogP contribution is 2.24. The van der Waals surface area contributed by atoms with E-state index in [1.165, 1.54) is 10.9 Å². The van der Waals surface area contributed by atoms with E-state index < -0.39 is 0 Å². The van der Waals surface area contributed by atoms with Crippen LogP contribution >= 0.6 is 27.5 Å². The summed E-state index contributed by atoms with van der Waals surface area (Å²) in [7, 11) is 1.67. The fourth-order valence-corrected chi connectivity index (χ4v) is 1.78. The molecule has 0 amide bonds. The van der Waals surface area contributed by atoms with E-state index in [9.17, 15) is 4.79 Å². The third-order valence-electron chi connectivity index (χ3n) is 2.13. The summed E-state index contributed by atoms with van der Waals surface area (Å²) in [6.07, 6.45) is 1.44. The molecule has 82 valence electrons. The van der Waals surface area contributed by atoms with Crippen LogP contribution in [-0.4, -0.2) is 20.8 Å². The molecule has 0 aliphatic carbocycles. The molecule has 0 aliphatic heterocycles. The van der Waals surface area contributed by atoms with Crippen LogP contribution in [0.3, 0.4) is 0 Å². The van der Waals surface area contributed by atoms with Gasteiger partial charge in [-0.05, 0) is 34.1 Å². The Labute approximate surface area is 105 Å². The maximum atomic E-state index is 12.0. The second-order valence-corrected chi connectivity index (χ2v) is 4.46. The van der Waals surface area contributed by atoms with Crippen LogP contribution in [0.2, 0.25) is 5.02 Å². The lowest BCUT2D eigenvalue weighted by atomic mass is 10.1. The van der Waals surface area contributed by atoms with E-state index >= 15 is 0 Å². The van der Waals surface area contributed by atoms with Gasteiger partial charge in [-0.15, -0.1) is 5.10 Å². The quantitative estimate of drug-likeness (QED) is 0.801. The van der Waals surface area contributed by atoms with Crippen molar-refractivity contribution in [1.82, 2.24) is 15.0 Å². The van der Waals surface area contributed by atoms with Crippen LogP contribution in [0.5, 0.6) is 0 Å². The molecule has 1 aromatic heterocycles. The predicted molar refractivity (Wildman–Crippen MR) is 63.6 cm³/mol. The molecule has 0 atom stereocenters. The molecule has 1 aromatic carbocycles. The maximum absolute atomic E-state index is 12.0. The Morgan fingerprint density at radius 1 is 1.50 bits per heavy atom. The lowest BCUT2D eigenvalue weighted by Crippen LogP contribution is -2.08. The fourth-order valence-electron chi connectivity index (χ4n) is 1.28. The monoisotopic (exact) mass is 299 g/mol. The lowest BCUT2D eigenvalue weighted by Gasteiger charge is -2.02. The molecule has 1 heterocycles. The molecule has 2 rings (SSSR count). The van der Waals surface area contributed by atoms with Gasteiger partial charge in [-0.25, -0.2) is 4.68 Å². The van der Waals surface area contributed by atoms with Crippen LogP contribution in [0.15, 0.2) is 28.9 Å². The first-order chi connectivity index (χ1) is 7.59. The summed E-state index contributed by atoms with van der Waals surface area (Å²) in [6, 6.07) is 5.02. The number of ketones is 1. The summed E-state index contributed by atoms with van der Waals surface area (Å²) in [6.45, 7) is 0. The molecule has 4 nitrogen and oxygen atoms in total. The highest BCUT2D eigenvalue weighted by atomic mass is 79.9. The van der Waals surface area contributed by atoms with Gasteiger partial charge in [0.05, 0.1) is 11.2 Å². The van der Waals surface area contributed by atoms with E-state index in [1.807, 2.05) is 0 Å². The minimum Gasteiger partial charge on any atom is -0.287 e. The van der Waals surface area contributed by atoms with Gasteiger partial charge in [-0.2, -0.15) is 0 Å². The normalized spacial score (nSPS) is 10.4. The minimum atomic E-state index is -0.134. The summed E-state index contributed by atoms with van der Waals surface area (Å²) in [5, 5.41) is 7.94. The van der Waals surface area contributed by atoms with Crippen LogP contribution in [-0.2, 0) is 7.05 Å². The molecule has 0 unspecified atom stereocenters. The molecule has 6 heteroatoms. The van der Waals surface area contributed by atoms with Crippen molar-refractivity contribution in [1.29, 1.82) is 0 Å². The SMILES string of the molecule is Cn1nncc1C(=O)c1ccc(Cl)c(Br)c1. The summed E-state index contributed by atoms with van der Waals surface area (Å²) in [5.74, 6) is -0.134. The first kappa shape index (κ1) is 11.3.